The molecule has 2 N–H and O–H groups in total. The summed E-state index contributed by atoms with van der Waals surface area (Å²) in [6, 6.07) is 16.9. The highest BCUT2D eigenvalue weighted by Gasteiger charge is 2.09. The van der Waals surface area contributed by atoms with E-state index in [1.807, 2.05) is 36.4 Å². The molecule has 0 saturated heterocycles. The van der Waals surface area contributed by atoms with Crippen molar-refractivity contribution in [3.8, 4) is 0 Å². The first-order chi connectivity index (χ1) is 12.8. The van der Waals surface area contributed by atoms with Crippen molar-refractivity contribution >= 4 is 39.1 Å². The largest absolute Gasteiger partial charge is 0.346 e. The van der Waals surface area contributed by atoms with Crippen molar-refractivity contribution in [3.05, 3.63) is 77.6 Å². The summed E-state index contributed by atoms with van der Waals surface area (Å²) in [7, 11) is 0. The number of amides is 1. The molecule has 4 aromatic rings. The predicted octanol–water partition coefficient (Wildman–Crippen LogP) is 3.76. The molecule has 0 atom stereocenters. The Morgan fingerprint density at radius 3 is 2.69 bits per heavy atom. The van der Waals surface area contributed by atoms with Gasteiger partial charge in [0.25, 0.3) is 5.91 Å². The SMILES string of the molecule is O=C(NCc1nc2ccccc2s1)c1cccc(Nc2ncccn2)c1. The Morgan fingerprint density at radius 1 is 1.00 bits per heavy atom. The number of para-hydroxylation sites is 1. The lowest BCUT2D eigenvalue weighted by molar-refractivity contribution is 0.0951. The van der Waals surface area contributed by atoms with Gasteiger partial charge < -0.3 is 10.6 Å². The molecule has 2 aromatic heterocycles. The van der Waals surface area contributed by atoms with Gasteiger partial charge in [0, 0.05) is 23.6 Å². The Labute approximate surface area is 154 Å². The van der Waals surface area contributed by atoms with Gasteiger partial charge in [-0.25, -0.2) is 15.0 Å². The maximum Gasteiger partial charge on any atom is 0.251 e. The average Bonchev–Trinajstić information content (AvgIpc) is 3.10. The van der Waals surface area contributed by atoms with Gasteiger partial charge in [-0.15, -0.1) is 11.3 Å². The zero-order valence-electron chi connectivity index (χ0n) is 13.7. The van der Waals surface area contributed by atoms with Crippen LogP contribution in [0.4, 0.5) is 11.6 Å². The van der Waals surface area contributed by atoms with E-state index in [9.17, 15) is 4.79 Å². The van der Waals surface area contributed by atoms with Crippen molar-refractivity contribution < 1.29 is 4.79 Å². The summed E-state index contributed by atoms with van der Waals surface area (Å²) >= 11 is 1.58. The van der Waals surface area contributed by atoms with E-state index in [4.69, 9.17) is 0 Å². The maximum atomic E-state index is 12.4. The third-order valence-electron chi connectivity index (χ3n) is 3.69. The molecule has 2 aromatic carbocycles. The molecule has 1 amide bonds. The van der Waals surface area contributed by atoms with E-state index in [-0.39, 0.29) is 5.91 Å². The molecule has 0 aliphatic carbocycles. The standard InChI is InChI=1S/C19H15N5OS/c25-18(22-12-17-24-15-7-1-2-8-16(15)26-17)13-5-3-6-14(11-13)23-19-20-9-4-10-21-19/h1-11H,12H2,(H,22,25)(H,20,21,23). The number of nitrogens with zero attached hydrogens (tertiary/aromatic N) is 3. The number of fused-ring (bicyclic) bond motifs is 1. The zero-order valence-corrected chi connectivity index (χ0v) is 14.5. The number of hydrogen-bond acceptors (Lipinski definition) is 6. The van der Waals surface area contributed by atoms with E-state index in [1.54, 1.807) is 41.9 Å². The lowest BCUT2D eigenvalue weighted by Crippen LogP contribution is -2.22. The topological polar surface area (TPSA) is 79.8 Å². The van der Waals surface area contributed by atoms with Crippen molar-refractivity contribution in [2.75, 3.05) is 5.32 Å². The third kappa shape index (κ3) is 3.68. The van der Waals surface area contributed by atoms with Gasteiger partial charge in [-0.05, 0) is 36.4 Å². The van der Waals surface area contributed by atoms with Crippen LogP contribution in [0.2, 0.25) is 0 Å². The lowest BCUT2D eigenvalue weighted by Gasteiger charge is -2.07. The molecular formula is C19H15N5OS. The fourth-order valence-corrected chi connectivity index (χ4v) is 3.39. The Morgan fingerprint density at radius 2 is 1.85 bits per heavy atom. The minimum atomic E-state index is -0.151. The Balaban J connectivity index is 1.43. The number of aromatic nitrogens is 3. The molecule has 0 aliphatic rings. The minimum absolute atomic E-state index is 0.151. The van der Waals surface area contributed by atoms with Gasteiger partial charge in [0.15, 0.2) is 0 Å². The molecule has 2 heterocycles. The lowest BCUT2D eigenvalue weighted by atomic mass is 10.2. The Kier molecular flexibility index (Phi) is 4.53. The van der Waals surface area contributed by atoms with Crippen LogP contribution < -0.4 is 10.6 Å². The molecule has 0 saturated carbocycles. The highest BCUT2D eigenvalue weighted by atomic mass is 32.1. The summed E-state index contributed by atoms with van der Waals surface area (Å²) in [5.41, 5.74) is 2.27. The first kappa shape index (κ1) is 16.2. The fraction of sp³-hybridized carbons (Fsp3) is 0.0526. The van der Waals surface area contributed by atoms with E-state index >= 15 is 0 Å². The van der Waals surface area contributed by atoms with Crippen molar-refractivity contribution in [2.45, 2.75) is 6.54 Å². The monoisotopic (exact) mass is 361 g/mol. The van der Waals surface area contributed by atoms with Gasteiger partial charge in [0.05, 0.1) is 16.8 Å². The number of benzene rings is 2. The number of nitrogens with one attached hydrogen (secondary N) is 2. The summed E-state index contributed by atoms with van der Waals surface area (Å²) in [5.74, 6) is 0.335. The predicted molar refractivity (Wildman–Crippen MR) is 103 cm³/mol. The molecule has 0 aliphatic heterocycles. The summed E-state index contributed by atoms with van der Waals surface area (Å²) in [6.07, 6.45) is 3.31. The third-order valence-corrected chi connectivity index (χ3v) is 4.72. The van der Waals surface area contributed by atoms with E-state index in [1.165, 1.54) is 0 Å². The van der Waals surface area contributed by atoms with Gasteiger partial charge in [0.1, 0.15) is 5.01 Å². The van der Waals surface area contributed by atoms with Crippen LogP contribution in [0.25, 0.3) is 10.2 Å². The number of anilines is 2. The smallest absolute Gasteiger partial charge is 0.251 e. The molecule has 4 rings (SSSR count). The Hall–Kier alpha value is -3.32. The van der Waals surface area contributed by atoms with Crippen LogP contribution in [0.3, 0.4) is 0 Å². The number of hydrogen-bond donors (Lipinski definition) is 2. The second-order valence-corrected chi connectivity index (χ2v) is 6.65. The average molecular weight is 361 g/mol. The van der Waals surface area contributed by atoms with Crippen molar-refractivity contribution in [2.24, 2.45) is 0 Å². The van der Waals surface area contributed by atoms with Crippen LogP contribution in [0, 0.1) is 0 Å². The summed E-state index contributed by atoms with van der Waals surface area (Å²) in [5, 5.41) is 6.88. The van der Waals surface area contributed by atoms with E-state index in [2.05, 4.69) is 25.6 Å². The Bertz CT molecular complexity index is 1010. The molecule has 0 spiro atoms. The number of carbonyl (C=O) groups excluding carboxylic acids is 1. The number of carbonyl (C=O) groups is 1. The molecule has 128 valence electrons. The molecule has 0 unspecified atom stereocenters. The maximum absolute atomic E-state index is 12.4. The highest BCUT2D eigenvalue weighted by Crippen LogP contribution is 2.21. The molecule has 0 radical (unpaired) electrons. The molecule has 7 heteroatoms. The molecular weight excluding hydrogens is 346 g/mol. The van der Waals surface area contributed by atoms with Crippen LogP contribution in [0.15, 0.2) is 67.0 Å². The van der Waals surface area contributed by atoms with Crippen molar-refractivity contribution in [1.29, 1.82) is 0 Å². The van der Waals surface area contributed by atoms with Gasteiger partial charge in [-0.2, -0.15) is 0 Å². The van der Waals surface area contributed by atoms with Crippen molar-refractivity contribution in [1.82, 2.24) is 20.3 Å². The van der Waals surface area contributed by atoms with Gasteiger partial charge >= 0.3 is 0 Å². The van der Waals surface area contributed by atoms with Crippen molar-refractivity contribution in [3.63, 3.8) is 0 Å². The van der Waals surface area contributed by atoms with E-state index in [0.717, 1.165) is 20.9 Å². The minimum Gasteiger partial charge on any atom is -0.346 e. The van der Waals surface area contributed by atoms with Crippen LogP contribution in [0.5, 0.6) is 0 Å². The number of thiazole rings is 1. The molecule has 6 nitrogen and oxygen atoms in total. The summed E-state index contributed by atoms with van der Waals surface area (Å²) in [6.45, 7) is 0.400. The first-order valence-corrected chi connectivity index (χ1v) is 8.86. The first-order valence-electron chi connectivity index (χ1n) is 8.05. The highest BCUT2D eigenvalue weighted by molar-refractivity contribution is 7.18. The van der Waals surface area contributed by atoms with Crippen LogP contribution in [0.1, 0.15) is 15.4 Å². The van der Waals surface area contributed by atoms with Gasteiger partial charge in [-0.3, -0.25) is 4.79 Å². The van der Waals surface area contributed by atoms with Gasteiger partial charge in [-0.1, -0.05) is 18.2 Å². The molecule has 26 heavy (non-hydrogen) atoms. The van der Waals surface area contributed by atoms with Crippen LogP contribution >= 0.6 is 11.3 Å². The summed E-state index contributed by atoms with van der Waals surface area (Å²) in [4.78, 5) is 25.2. The number of rotatable bonds is 5. The molecule has 0 fully saturated rings. The van der Waals surface area contributed by atoms with Crippen LogP contribution in [-0.2, 0) is 6.54 Å². The molecule has 0 bridgehead atoms. The van der Waals surface area contributed by atoms with Crippen LogP contribution in [-0.4, -0.2) is 20.9 Å². The fourth-order valence-electron chi connectivity index (χ4n) is 2.48. The van der Waals surface area contributed by atoms with E-state index in [0.29, 0.717) is 18.1 Å². The van der Waals surface area contributed by atoms with Gasteiger partial charge in [0.2, 0.25) is 5.95 Å². The summed E-state index contributed by atoms with van der Waals surface area (Å²) < 4.78 is 1.12. The normalized spacial score (nSPS) is 10.6. The zero-order chi connectivity index (χ0) is 17.8. The quantitative estimate of drug-likeness (QED) is 0.566. The second-order valence-electron chi connectivity index (χ2n) is 5.54. The second kappa shape index (κ2) is 7.28. The van der Waals surface area contributed by atoms with E-state index < -0.39 is 0 Å².